The number of methoxy groups -OCH3 is 1. The van der Waals surface area contributed by atoms with Gasteiger partial charge in [-0.3, -0.25) is 0 Å². The number of rotatable bonds is 4. The molecular weight excluding hydrogens is 163 g/mol. The molecule has 0 saturated carbocycles. The van der Waals surface area contributed by atoms with Crippen molar-refractivity contribution in [2.24, 2.45) is 0 Å². The lowest BCUT2D eigenvalue weighted by Crippen LogP contribution is -1.90. The van der Waals surface area contributed by atoms with Crippen molar-refractivity contribution in [2.45, 2.75) is 0 Å². The Hall–Kier alpha value is 0.460. The Labute approximate surface area is 57.5 Å². The summed E-state index contributed by atoms with van der Waals surface area (Å²) in [6.07, 6.45) is 0. The van der Waals surface area contributed by atoms with Crippen LogP contribution in [0.5, 0.6) is 0 Å². The molecule has 4 nitrogen and oxygen atoms in total. The van der Waals surface area contributed by atoms with Crippen molar-refractivity contribution in [1.82, 2.24) is 0 Å². The summed E-state index contributed by atoms with van der Waals surface area (Å²) in [5, 5.41) is 0. The molecule has 0 aliphatic carbocycles. The molecule has 56 valence electrons. The maximum Gasteiger partial charge on any atom is 0.384 e. The van der Waals surface area contributed by atoms with Crippen LogP contribution in [0.2, 0.25) is 0 Å². The van der Waals surface area contributed by atoms with E-state index in [9.17, 15) is 4.57 Å². The molecule has 0 aliphatic heterocycles. The van der Waals surface area contributed by atoms with Crippen LogP contribution in [-0.2, 0) is 9.30 Å². The van der Waals surface area contributed by atoms with E-state index in [0.29, 0.717) is 23.7 Å². The monoisotopic (exact) mass is 172 g/mol. The Bertz CT molecular complexity index is 110. The third kappa shape index (κ3) is 8.46. The SMILES string of the molecule is COCCSP(=O)(O)O. The highest BCUT2D eigenvalue weighted by molar-refractivity contribution is 8.54. The minimum absolute atomic E-state index is 0.334. The molecule has 0 atom stereocenters. The highest BCUT2D eigenvalue weighted by Crippen LogP contribution is 2.49. The first-order valence-electron chi connectivity index (χ1n) is 2.25. The number of ether oxygens (including phenoxy) is 1. The Balaban J connectivity index is 3.18. The molecule has 6 heteroatoms. The van der Waals surface area contributed by atoms with E-state index in [2.05, 4.69) is 4.74 Å². The summed E-state index contributed by atoms with van der Waals surface area (Å²) >= 11 is 0.600. The van der Waals surface area contributed by atoms with Gasteiger partial charge in [-0.05, 0) is 11.4 Å². The Morgan fingerprint density at radius 3 is 2.56 bits per heavy atom. The fraction of sp³-hybridized carbons (Fsp3) is 1.00. The minimum atomic E-state index is -3.86. The lowest BCUT2D eigenvalue weighted by atomic mass is 10.9. The smallest absolute Gasteiger partial charge is 0.384 e. The molecule has 0 aromatic heterocycles. The van der Waals surface area contributed by atoms with Gasteiger partial charge in [-0.15, -0.1) is 0 Å². The lowest BCUT2D eigenvalue weighted by Gasteiger charge is -2.00. The largest absolute Gasteiger partial charge is 0.384 e. The average molecular weight is 172 g/mol. The quantitative estimate of drug-likeness (QED) is 0.476. The highest BCUT2D eigenvalue weighted by atomic mass is 32.7. The fourth-order valence-electron chi connectivity index (χ4n) is 0.240. The van der Waals surface area contributed by atoms with Crippen molar-refractivity contribution in [3.05, 3.63) is 0 Å². The van der Waals surface area contributed by atoms with Gasteiger partial charge in [0.15, 0.2) is 0 Å². The molecule has 0 bridgehead atoms. The molecule has 0 aromatic rings. The summed E-state index contributed by atoms with van der Waals surface area (Å²) in [5.74, 6) is 0.334. The first-order valence-corrected chi connectivity index (χ1v) is 5.45. The predicted octanol–water partition coefficient (Wildman–Crippen LogP) is 0.459. The molecule has 0 radical (unpaired) electrons. The van der Waals surface area contributed by atoms with E-state index in [1.807, 2.05) is 0 Å². The van der Waals surface area contributed by atoms with Crippen LogP contribution in [0.3, 0.4) is 0 Å². The van der Waals surface area contributed by atoms with Gasteiger partial charge in [0, 0.05) is 12.9 Å². The standard InChI is InChI=1S/C3H9O4PS/c1-7-2-3-9-8(4,5)6/h2-3H2,1H3,(H2,4,5,6). The number of hydrogen-bond acceptors (Lipinski definition) is 3. The van der Waals surface area contributed by atoms with Gasteiger partial charge in [0.05, 0.1) is 6.61 Å². The Kier molecular flexibility index (Phi) is 4.52. The van der Waals surface area contributed by atoms with Gasteiger partial charge >= 0.3 is 6.80 Å². The van der Waals surface area contributed by atoms with E-state index in [-0.39, 0.29) is 0 Å². The molecule has 0 heterocycles. The second-order valence-electron chi connectivity index (χ2n) is 1.32. The first kappa shape index (κ1) is 9.46. The van der Waals surface area contributed by atoms with Crippen molar-refractivity contribution in [3.63, 3.8) is 0 Å². The molecule has 0 spiro atoms. The summed E-state index contributed by atoms with van der Waals surface area (Å²) in [7, 11) is 1.49. The zero-order valence-electron chi connectivity index (χ0n) is 4.98. The van der Waals surface area contributed by atoms with Crippen LogP contribution < -0.4 is 0 Å². The minimum Gasteiger partial charge on any atom is -0.384 e. The molecule has 0 aliphatic rings. The maximum absolute atomic E-state index is 10.1. The van der Waals surface area contributed by atoms with E-state index in [4.69, 9.17) is 9.79 Å². The van der Waals surface area contributed by atoms with Crippen LogP contribution in [0, 0.1) is 0 Å². The van der Waals surface area contributed by atoms with E-state index >= 15 is 0 Å². The van der Waals surface area contributed by atoms with Gasteiger partial charge in [-0.2, -0.15) is 0 Å². The molecule has 0 fully saturated rings. The predicted molar refractivity (Wildman–Crippen MR) is 36.4 cm³/mol. The molecule has 0 aromatic carbocycles. The van der Waals surface area contributed by atoms with Crippen LogP contribution in [0.25, 0.3) is 0 Å². The molecule has 2 N–H and O–H groups in total. The summed E-state index contributed by atoms with van der Waals surface area (Å²) in [6, 6.07) is 0. The van der Waals surface area contributed by atoms with Crippen LogP contribution >= 0.6 is 18.2 Å². The average Bonchev–Trinajstić information content (AvgIpc) is 1.63. The molecule has 0 unspecified atom stereocenters. The van der Waals surface area contributed by atoms with Crippen molar-refractivity contribution in [2.75, 3.05) is 19.5 Å². The third-order valence-electron chi connectivity index (χ3n) is 0.547. The molecule has 0 saturated heterocycles. The van der Waals surface area contributed by atoms with Crippen LogP contribution in [0.4, 0.5) is 0 Å². The van der Waals surface area contributed by atoms with Crippen LogP contribution in [0.1, 0.15) is 0 Å². The van der Waals surface area contributed by atoms with Crippen molar-refractivity contribution in [1.29, 1.82) is 0 Å². The van der Waals surface area contributed by atoms with Gasteiger partial charge in [0.1, 0.15) is 0 Å². The maximum atomic E-state index is 10.1. The van der Waals surface area contributed by atoms with Gasteiger partial charge in [-0.25, -0.2) is 4.57 Å². The summed E-state index contributed by atoms with van der Waals surface area (Å²) < 4.78 is 14.7. The summed E-state index contributed by atoms with van der Waals surface area (Å²) in [6.45, 7) is -3.49. The number of hydrogen-bond donors (Lipinski definition) is 2. The lowest BCUT2D eigenvalue weighted by molar-refractivity contribution is 0.218. The third-order valence-corrected chi connectivity index (χ3v) is 2.79. The Morgan fingerprint density at radius 1 is 1.67 bits per heavy atom. The van der Waals surface area contributed by atoms with Crippen molar-refractivity contribution < 1.29 is 19.1 Å². The molecule has 9 heavy (non-hydrogen) atoms. The summed E-state index contributed by atoms with van der Waals surface area (Å²) in [5.41, 5.74) is 0. The second-order valence-corrected chi connectivity index (χ2v) is 5.17. The van der Waals surface area contributed by atoms with Gasteiger partial charge in [-0.1, -0.05) is 0 Å². The normalized spacial score (nSPS) is 11.9. The van der Waals surface area contributed by atoms with E-state index in [0.717, 1.165) is 0 Å². The molecule has 0 amide bonds. The topological polar surface area (TPSA) is 66.8 Å². The van der Waals surface area contributed by atoms with Gasteiger partial charge in [0.2, 0.25) is 0 Å². The van der Waals surface area contributed by atoms with E-state index in [1.54, 1.807) is 0 Å². The Morgan fingerprint density at radius 2 is 2.22 bits per heavy atom. The van der Waals surface area contributed by atoms with Gasteiger partial charge in [0.25, 0.3) is 0 Å². The fourth-order valence-corrected chi connectivity index (χ4v) is 1.66. The molecule has 0 rings (SSSR count). The highest BCUT2D eigenvalue weighted by Gasteiger charge is 2.11. The summed E-state index contributed by atoms with van der Waals surface area (Å²) in [4.78, 5) is 16.5. The van der Waals surface area contributed by atoms with Gasteiger partial charge < -0.3 is 14.5 Å². The molecular formula is C3H9O4PS. The van der Waals surface area contributed by atoms with Crippen molar-refractivity contribution in [3.8, 4) is 0 Å². The van der Waals surface area contributed by atoms with Crippen LogP contribution in [-0.4, -0.2) is 29.3 Å². The van der Waals surface area contributed by atoms with E-state index < -0.39 is 6.80 Å². The zero-order chi connectivity index (χ0) is 7.33. The zero-order valence-corrected chi connectivity index (χ0v) is 6.69. The first-order chi connectivity index (χ1) is 4.06. The second kappa shape index (κ2) is 4.30. The van der Waals surface area contributed by atoms with Crippen LogP contribution in [0.15, 0.2) is 0 Å². The van der Waals surface area contributed by atoms with Crippen molar-refractivity contribution >= 4 is 18.2 Å². The van der Waals surface area contributed by atoms with E-state index in [1.165, 1.54) is 7.11 Å².